The first-order valence-corrected chi connectivity index (χ1v) is 17.7. The molecule has 1 atom stereocenters. The van der Waals surface area contributed by atoms with Crippen molar-refractivity contribution in [1.82, 2.24) is 0 Å². The van der Waals surface area contributed by atoms with E-state index < -0.39 is 8.56 Å². The predicted octanol–water partition coefficient (Wildman–Crippen LogP) is 11.0. The fourth-order valence-corrected chi connectivity index (χ4v) is 7.70. The van der Waals surface area contributed by atoms with Crippen LogP contribution in [0.1, 0.15) is 164 Å². The number of hydrogen-bond acceptors (Lipinski definition) is 2. The van der Waals surface area contributed by atoms with Crippen molar-refractivity contribution < 1.29 is 8.85 Å². The van der Waals surface area contributed by atoms with E-state index in [-0.39, 0.29) is 0 Å². The third-order valence-corrected chi connectivity index (χ3v) is 11.5. The molecule has 0 spiro atoms. The second-order valence-corrected chi connectivity index (χ2v) is 14.2. The van der Waals surface area contributed by atoms with Gasteiger partial charge in [-0.25, -0.2) is 0 Å². The van der Waals surface area contributed by atoms with E-state index in [0.717, 1.165) is 31.0 Å². The van der Waals surface area contributed by atoms with Crippen molar-refractivity contribution in [3.05, 3.63) is 0 Å². The largest absolute Gasteiger partial charge is 0.394 e. The number of unbranched alkanes of at least 4 members (excludes halogenated alkanes) is 13. The molecule has 0 aliphatic rings. The summed E-state index contributed by atoms with van der Waals surface area (Å²) < 4.78 is 13.3. The second kappa shape index (κ2) is 23.9. The highest BCUT2D eigenvalue weighted by molar-refractivity contribution is 6.67. The topological polar surface area (TPSA) is 18.5 Å². The Balaban J connectivity index is 3.88. The first-order chi connectivity index (χ1) is 16.1. The maximum Gasteiger partial charge on any atom is 0.337 e. The fraction of sp³-hybridized carbons (Fsp3) is 1.00. The minimum Gasteiger partial charge on any atom is -0.394 e. The third-order valence-electron chi connectivity index (χ3n) is 7.83. The molecule has 0 N–H and O–H groups in total. The zero-order chi connectivity index (χ0) is 24.6. The van der Waals surface area contributed by atoms with Gasteiger partial charge in [-0.3, -0.25) is 0 Å². The SMILES string of the molecule is CCCCCCCCCCCCCCCCO[Si](CC)(CC)OC(CC)CCC(CC)CC. The first-order valence-electron chi connectivity index (χ1n) is 15.4. The molecule has 0 amide bonds. The van der Waals surface area contributed by atoms with Crippen LogP contribution in [0, 0.1) is 5.92 Å². The van der Waals surface area contributed by atoms with E-state index in [1.807, 2.05) is 0 Å². The van der Waals surface area contributed by atoms with E-state index in [1.165, 1.54) is 116 Å². The predicted molar refractivity (Wildman–Crippen MR) is 151 cm³/mol. The molecule has 200 valence electrons. The van der Waals surface area contributed by atoms with Crippen molar-refractivity contribution in [3.8, 4) is 0 Å². The molecule has 0 radical (unpaired) electrons. The smallest absolute Gasteiger partial charge is 0.337 e. The molecule has 0 aromatic rings. The monoisotopic (exact) mass is 484 g/mol. The number of hydrogen-bond donors (Lipinski definition) is 0. The summed E-state index contributed by atoms with van der Waals surface area (Å²) in [5.41, 5.74) is 0. The van der Waals surface area contributed by atoms with Crippen LogP contribution in [0.4, 0.5) is 0 Å². The summed E-state index contributed by atoms with van der Waals surface area (Å²) >= 11 is 0. The van der Waals surface area contributed by atoms with Gasteiger partial charge in [0.1, 0.15) is 0 Å². The maximum atomic E-state index is 6.76. The third kappa shape index (κ3) is 18.1. The molecule has 2 nitrogen and oxygen atoms in total. The molecule has 3 heteroatoms. The standard InChI is InChI=1S/C30H64O2Si/c1-7-13-14-15-16-17-18-19-20-21-22-23-24-25-28-31-33(11-5,12-6)32-30(10-4)27-26-29(8-2)9-3/h29-30H,7-28H2,1-6H3. The molecule has 0 saturated heterocycles. The summed E-state index contributed by atoms with van der Waals surface area (Å²) in [6.07, 6.45) is 26.3. The Bertz CT molecular complexity index is 379. The van der Waals surface area contributed by atoms with Gasteiger partial charge < -0.3 is 8.85 Å². The lowest BCUT2D eigenvalue weighted by Gasteiger charge is -2.33. The van der Waals surface area contributed by atoms with Crippen LogP contribution >= 0.6 is 0 Å². The molecule has 0 fully saturated rings. The zero-order valence-electron chi connectivity index (χ0n) is 24.0. The summed E-state index contributed by atoms with van der Waals surface area (Å²) in [5.74, 6) is 0.860. The Morgan fingerprint density at radius 2 is 0.970 bits per heavy atom. The Morgan fingerprint density at radius 1 is 0.515 bits per heavy atom. The summed E-state index contributed by atoms with van der Waals surface area (Å²) in [5, 5.41) is 0. The van der Waals surface area contributed by atoms with Gasteiger partial charge in [-0.15, -0.1) is 0 Å². The summed E-state index contributed by atoms with van der Waals surface area (Å²) in [4.78, 5) is 0. The summed E-state index contributed by atoms with van der Waals surface area (Å²) in [7, 11) is -2.02. The van der Waals surface area contributed by atoms with Crippen molar-refractivity contribution in [2.24, 2.45) is 5.92 Å². The zero-order valence-corrected chi connectivity index (χ0v) is 25.0. The lowest BCUT2D eigenvalue weighted by atomic mass is 9.95. The molecule has 0 aromatic heterocycles. The molecule has 0 bridgehead atoms. The highest BCUT2D eigenvalue weighted by Gasteiger charge is 2.36. The van der Waals surface area contributed by atoms with Crippen molar-refractivity contribution >= 4 is 8.56 Å². The van der Waals surface area contributed by atoms with E-state index in [0.29, 0.717) is 6.10 Å². The van der Waals surface area contributed by atoms with Gasteiger partial charge in [0.25, 0.3) is 0 Å². The molecule has 0 heterocycles. The first kappa shape index (κ1) is 33.1. The fourth-order valence-electron chi connectivity index (χ4n) is 4.98. The minimum atomic E-state index is -2.02. The highest BCUT2D eigenvalue weighted by atomic mass is 28.4. The average Bonchev–Trinajstić information content (AvgIpc) is 2.85. The normalized spacial score (nSPS) is 13.2. The second-order valence-electron chi connectivity index (χ2n) is 10.5. The van der Waals surface area contributed by atoms with Gasteiger partial charge in [0.05, 0.1) is 0 Å². The average molecular weight is 485 g/mol. The van der Waals surface area contributed by atoms with E-state index in [4.69, 9.17) is 8.85 Å². The van der Waals surface area contributed by atoms with E-state index >= 15 is 0 Å². The Hall–Kier alpha value is 0.137. The minimum absolute atomic E-state index is 0.397. The van der Waals surface area contributed by atoms with Gasteiger partial charge in [0.2, 0.25) is 0 Å². The van der Waals surface area contributed by atoms with E-state index in [1.54, 1.807) is 0 Å². The lowest BCUT2D eigenvalue weighted by molar-refractivity contribution is 0.0971. The molecule has 0 aliphatic carbocycles. The van der Waals surface area contributed by atoms with Gasteiger partial charge in [0, 0.05) is 12.7 Å². The van der Waals surface area contributed by atoms with Crippen LogP contribution in [0.15, 0.2) is 0 Å². The van der Waals surface area contributed by atoms with E-state index in [2.05, 4.69) is 41.5 Å². The van der Waals surface area contributed by atoms with Crippen molar-refractivity contribution in [2.75, 3.05) is 6.61 Å². The molecular weight excluding hydrogens is 420 g/mol. The Morgan fingerprint density at radius 3 is 1.36 bits per heavy atom. The highest BCUT2D eigenvalue weighted by Crippen LogP contribution is 2.26. The molecule has 0 saturated carbocycles. The van der Waals surface area contributed by atoms with Crippen LogP contribution in [-0.4, -0.2) is 21.3 Å². The van der Waals surface area contributed by atoms with Gasteiger partial charge in [0.15, 0.2) is 0 Å². The van der Waals surface area contributed by atoms with Gasteiger partial charge in [-0.2, -0.15) is 0 Å². The summed E-state index contributed by atoms with van der Waals surface area (Å²) in [6.45, 7) is 14.7. The lowest BCUT2D eigenvalue weighted by Crippen LogP contribution is -2.44. The van der Waals surface area contributed by atoms with E-state index in [9.17, 15) is 0 Å². The molecule has 0 rings (SSSR count). The van der Waals surface area contributed by atoms with Crippen LogP contribution in [0.25, 0.3) is 0 Å². The Labute approximate surface area is 211 Å². The number of rotatable bonds is 26. The van der Waals surface area contributed by atoms with Crippen molar-refractivity contribution in [1.29, 1.82) is 0 Å². The van der Waals surface area contributed by atoms with Crippen LogP contribution in [0.5, 0.6) is 0 Å². The maximum absolute atomic E-state index is 6.76. The Kier molecular flexibility index (Phi) is 24.0. The molecule has 33 heavy (non-hydrogen) atoms. The van der Waals surface area contributed by atoms with Crippen molar-refractivity contribution in [2.45, 2.75) is 182 Å². The molecule has 0 aliphatic heterocycles. The quantitative estimate of drug-likeness (QED) is 0.0897. The van der Waals surface area contributed by atoms with Crippen LogP contribution in [-0.2, 0) is 8.85 Å². The molecular formula is C30H64O2Si. The molecule has 1 unspecified atom stereocenters. The van der Waals surface area contributed by atoms with Gasteiger partial charge in [-0.1, -0.05) is 138 Å². The van der Waals surface area contributed by atoms with Gasteiger partial charge in [-0.05, 0) is 43.7 Å². The molecule has 0 aromatic carbocycles. The van der Waals surface area contributed by atoms with Gasteiger partial charge >= 0.3 is 8.56 Å². The van der Waals surface area contributed by atoms with Crippen molar-refractivity contribution in [3.63, 3.8) is 0 Å². The van der Waals surface area contributed by atoms with Crippen LogP contribution in [0.3, 0.4) is 0 Å². The van der Waals surface area contributed by atoms with Crippen LogP contribution in [0.2, 0.25) is 12.1 Å². The summed E-state index contributed by atoms with van der Waals surface area (Å²) in [6, 6.07) is 2.17. The van der Waals surface area contributed by atoms with Crippen LogP contribution < -0.4 is 0 Å².